The van der Waals surface area contributed by atoms with Gasteiger partial charge in [0.1, 0.15) is 5.54 Å². The fourth-order valence-corrected chi connectivity index (χ4v) is 2.94. The van der Waals surface area contributed by atoms with Gasteiger partial charge in [-0.3, -0.25) is 4.79 Å². The fraction of sp³-hybridized carbons (Fsp3) is 0.929. The Labute approximate surface area is 123 Å². The first-order valence-electron chi connectivity index (χ1n) is 7.47. The van der Waals surface area contributed by atoms with Crippen LogP contribution in [0.4, 0.5) is 13.2 Å². The lowest BCUT2D eigenvalue weighted by molar-refractivity contribution is -0.215. The summed E-state index contributed by atoms with van der Waals surface area (Å²) in [5, 5.41) is 3.21. The van der Waals surface area contributed by atoms with Gasteiger partial charge in [-0.15, -0.1) is 0 Å². The van der Waals surface area contributed by atoms with Gasteiger partial charge in [-0.2, -0.15) is 13.2 Å². The highest BCUT2D eigenvalue weighted by Crippen LogP contribution is 2.38. The van der Waals surface area contributed by atoms with Crippen LogP contribution in [-0.4, -0.2) is 36.9 Å². The molecule has 1 aliphatic carbocycles. The van der Waals surface area contributed by atoms with Gasteiger partial charge >= 0.3 is 6.18 Å². The molecule has 1 saturated carbocycles. The molecule has 0 saturated heterocycles. The Kier molecular flexibility index (Phi) is 6.46. The lowest BCUT2D eigenvalue weighted by atomic mass is 9.84. The van der Waals surface area contributed by atoms with E-state index in [1.54, 1.807) is 0 Å². The van der Waals surface area contributed by atoms with Crippen molar-refractivity contribution in [2.45, 2.75) is 63.8 Å². The molecule has 1 aliphatic rings. The number of amides is 1. The maximum Gasteiger partial charge on any atom is 0.414 e. The number of rotatable bonds is 8. The molecule has 124 valence electrons. The summed E-state index contributed by atoms with van der Waals surface area (Å²) in [7, 11) is 0. The largest absolute Gasteiger partial charge is 0.414 e. The van der Waals surface area contributed by atoms with Crippen LogP contribution in [-0.2, 0) is 9.53 Å². The fourth-order valence-electron chi connectivity index (χ4n) is 2.94. The second-order valence-corrected chi connectivity index (χ2v) is 5.69. The van der Waals surface area contributed by atoms with Gasteiger partial charge in [0.2, 0.25) is 5.91 Å². The highest BCUT2D eigenvalue weighted by atomic mass is 19.4. The zero-order valence-corrected chi connectivity index (χ0v) is 12.6. The van der Waals surface area contributed by atoms with Gasteiger partial charge in [0.15, 0.2) is 6.10 Å². The number of hydrogen-bond acceptors (Lipinski definition) is 3. The number of carbonyl (C=O) groups is 1. The second-order valence-electron chi connectivity index (χ2n) is 5.69. The Hall–Kier alpha value is -0.820. The van der Waals surface area contributed by atoms with E-state index in [1.165, 1.54) is 0 Å². The van der Waals surface area contributed by atoms with Gasteiger partial charge in [-0.1, -0.05) is 13.3 Å². The summed E-state index contributed by atoms with van der Waals surface area (Å²) in [5.41, 5.74) is 4.75. The second kappa shape index (κ2) is 7.45. The van der Waals surface area contributed by atoms with Crippen LogP contribution in [0.25, 0.3) is 0 Å². The molecule has 0 spiro atoms. The van der Waals surface area contributed by atoms with Crippen molar-refractivity contribution in [3.63, 3.8) is 0 Å². The van der Waals surface area contributed by atoms with Crippen LogP contribution >= 0.6 is 0 Å². The van der Waals surface area contributed by atoms with E-state index in [4.69, 9.17) is 10.5 Å². The molecule has 0 aromatic carbocycles. The van der Waals surface area contributed by atoms with Crippen molar-refractivity contribution in [2.24, 2.45) is 11.7 Å². The molecule has 7 heteroatoms. The van der Waals surface area contributed by atoms with Gasteiger partial charge < -0.3 is 15.8 Å². The Balaban J connectivity index is 2.57. The molecule has 3 N–H and O–H groups in total. The molecule has 4 nitrogen and oxygen atoms in total. The topological polar surface area (TPSA) is 64.3 Å². The van der Waals surface area contributed by atoms with Crippen LogP contribution in [0, 0.1) is 5.92 Å². The molecule has 0 heterocycles. The smallest absolute Gasteiger partial charge is 0.369 e. The number of nitrogens with one attached hydrogen (secondary N) is 1. The third-order valence-corrected chi connectivity index (χ3v) is 4.25. The van der Waals surface area contributed by atoms with E-state index < -0.39 is 23.7 Å². The molecule has 0 bridgehead atoms. The molecule has 0 radical (unpaired) electrons. The normalized spacial score (nSPS) is 27.8. The summed E-state index contributed by atoms with van der Waals surface area (Å²) in [4.78, 5) is 11.8. The molecule has 3 unspecified atom stereocenters. The zero-order chi connectivity index (χ0) is 16.1. The molecule has 1 rings (SSSR count). The molecule has 0 aromatic rings. The van der Waals surface area contributed by atoms with E-state index in [1.807, 2.05) is 6.92 Å². The summed E-state index contributed by atoms with van der Waals surface area (Å²) < 4.78 is 42.0. The zero-order valence-electron chi connectivity index (χ0n) is 12.6. The quantitative estimate of drug-likeness (QED) is 0.723. The third kappa shape index (κ3) is 4.57. The Morgan fingerprint density at radius 1 is 1.52 bits per heavy atom. The predicted octanol–water partition coefficient (Wildman–Crippen LogP) is 2.37. The summed E-state index contributed by atoms with van der Waals surface area (Å²) in [6.45, 7) is 3.62. The van der Waals surface area contributed by atoms with Crippen molar-refractivity contribution in [3.05, 3.63) is 0 Å². The van der Waals surface area contributed by atoms with E-state index in [9.17, 15) is 18.0 Å². The number of ether oxygens (including phenoxy) is 1. The van der Waals surface area contributed by atoms with Gasteiger partial charge in [0, 0.05) is 6.61 Å². The first kappa shape index (κ1) is 18.2. The monoisotopic (exact) mass is 310 g/mol. The standard InChI is InChI=1S/C14H25F3N2O2/c1-3-8-19-13(12(18)20)7-4-5-11(13)6-9-21-10(2)14(15,16)17/h10-11,19H,3-9H2,1-2H3,(H2,18,20). The van der Waals surface area contributed by atoms with Crippen molar-refractivity contribution in [1.29, 1.82) is 0 Å². The minimum absolute atomic E-state index is 0.0197. The SMILES string of the molecule is CCCNC1(C(N)=O)CCCC1CCOC(C)C(F)(F)F. The summed E-state index contributed by atoms with van der Waals surface area (Å²) in [5.74, 6) is -0.482. The molecule has 3 atom stereocenters. The van der Waals surface area contributed by atoms with E-state index in [0.29, 0.717) is 19.4 Å². The van der Waals surface area contributed by atoms with Gasteiger partial charge in [-0.05, 0) is 45.1 Å². The van der Waals surface area contributed by atoms with Gasteiger partial charge in [-0.25, -0.2) is 0 Å². The number of primary amides is 1. The molecular formula is C14H25F3N2O2. The first-order valence-corrected chi connectivity index (χ1v) is 7.47. The Morgan fingerprint density at radius 2 is 2.19 bits per heavy atom. The maximum atomic E-state index is 12.4. The minimum atomic E-state index is -4.35. The van der Waals surface area contributed by atoms with Crippen LogP contribution in [0.2, 0.25) is 0 Å². The summed E-state index contributed by atoms with van der Waals surface area (Å²) in [6.07, 6.45) is -2.60. The number of halogens is 3. The average molecular weight is 310 g/mol. The Bertz CT molecular complexity index is 350. The van der Waals surface area contributed by atoms with Crippen molar-refractivity contribution >= 4 is 5.91 Å². The predicted molar refractivity (Wildman–Crippen MR) is 73.6 cm³/mol. The lowest BCUT2D eigenvalue weighted by Crippen LogP contribution is -2.58. The number of carbonyl (C=O) groups excluding carboxylic acids is 1. The van der Waals surface area contributed by atoms with Crippen molar-refractivity contribution in [3.8, 4) is 0 Å². The van der Waals surface area contributed by atoms with E-state index in [-0.39, 0.29) is 12.5 Å². The van der Waals surface area contributed by atoms with Crippen LogP contribution in [0.15, 0.2) is 0 Å². The van der Waals surface area contributed by atoms with Crippen LogP contribution in [0.5, 0.6) is 0 Å². The molecule has 0 aliphatic heterocycles. The van der Waals surface area contributed by atoms with Crippen molar-refractivity contribution in [1.82, 2.24) is 5.32 Å². The first-order chi connectivity index (χ1) is 9.74. The third-order valence-electron chi connectivity index (χ3n) is 4.25. The van der Waals surface area contributed by atoms with Gasteiger partial charge in [0.25, 0.3) is 0 Å². The maximum absolute atomic E-state index is 12.4. The van der Waals surface area contributed by atoms with E-state index in [0.717, 1.165) is 26.2 Å². The highest BCUT2D eigenvalue weighted by Gasteiger charge is 2.47. The highest BCUT2D eigenvalue weighted by molar-refractivity contribution is 5.85. The molecular weight excluding hydrogens is 285 g/mol. The lowest BCUT2D eigenvalue weighted by Gasteiger charge is -2.34. The van der Waals surface area contributed by atoms with Crippen molar-refractivity contribution in [2.75, 3.05) is 13.2 Å². The van der Waals surface area contributed by atoms with Crippen molar-refractivity contribution < 1.29 is 22.7 Å². The van der Waals surface area contributed by atoms with E-state index in [2.05, 4.69) is 5.32 Å². The number of hydrogen-bond donors (Lipinski definition) is 2. The van der Waals surface area contributed by atoms with Crippen LogP contribution in [0.3, 0.4) is 0 Å². The summed E-state index contributed by atoms with van der Waals surface area (Å²) >= 11 is 0. The van der Waals surface area contributed by atoms with E-state index >= 15 is 0 Å². The summed E-state index contributed by atoms with van der Waals surface area (Å²) in [6, 6.07) is 0. The molecule has 0 aromatic heterocycles. The number of nitrogens with two attached hydrogens (primary N) is 1. The number of alkyl halides is 3. The Morgan fingerprint density at radius 3 is 2.71 bits per heavy atom. The average Bonchev–Trinajstić information content (AvgIpc) is 2.79. The minimum Gasteiger partial charge on any atom is -0.369 e. The molecule has 1 amide bonds. The molecule has 1 fully saturated rings. The van der Waals surface area contributed by atoms with Crippen LogP contribution < -0.4 is 11.1 Å². The molecule has 21 heavy (non-hydrogen) atoms. The van der Waals surface area contributed by atoms with Gasteiger partial charge in [0.05, 0.1) is 0 Å². The van der Waals surface area contributed by atoms with Crippen LogP contribution in [0.1, 0.15) is 46.0 Å².